The number of nitrogens with zero attached hydrogens (tertiary/aromatic N) is 1. The summed E-state index contributed by atoms with van der Waals surface area (Å²) in [6.07, 6.45) is 0. The fourth-order valence-corrected chi connectivity index (χ4v) is 3.29. The molecule has 1 aromatic carbocycles. The van der Waals surface area contributed by atoms with Crippen LogP contribution in [-0.2, 0) is 15.3 Å². The van der Waals surface area contributed by atoms with Crippen LogP contribution >= 0.6 is 21.6 Å². The molecular weight excluding hydrogens is 280 g/mol. The summed E-state index contributed by atoms with van der Waals surface area (Å²) in [4.78, 5) is 27.3. The molecule has 0 aliphatic carbocycles. The van der Waals surface area contributed by atoms with E-state index in [-0.39, 0.29) is 11.8 Å². The second kappa shape index (κ2) is 5.79. The van der Waals surface area contributed by atoms with Gasteiger partial charge in [-0.1, -0.05) is 41.1 Å². The van der Waals surface area contributed by atoms with Crippen LogP contribution in [0.3, 0.4) is 0 Å². The van der Waals surface area contributed by atoms with Crippen LogP contribution in [-0.4, -0.2) is 17.0 Å². The molecule has 0 atom stereocenters. The molecule has 0 saturated carbocycles. The van der Waals surface area contributed by atoms with E-state index in [1.54, 1.807) is 13.8 Å². The van der Waals surface area contributed by atoms with Gasteiger partial charge in [0.15, 0.2) is 5.17 Å². The van der Waals surface area contributed by atoms with Gasteiger partial charge in [-0.3, -0.25) is 9.59 Å². The molecule has 0 spiro atoms. The summed E-state index contributed by atoms with van der Waals surface area (Å²) in [6.45, 7) is 3.15. The molecule has 0 aromatic heterocycles. The predicted molar refractivity (Wildman–Crippen MR) is 79.7 cm³/mol. The molecule has 0 saturated heterocycles. The highest BCUT2D eigenvalue weighted by Crippen LogP contribution is 2.30. The van der Waals surface area contributed by atoms with E-state index in [2.05, 4.69) is 10.3 Å². The van der Waals surface area contributed by atoms with Crippen molar-refractivity contribution >= 4 is 38.6 Å². The highest BCUT2D eigenvalue weighted by Gasteiger charge is 2.40. The third-order valence-corrected chi connectivity index (χ3v) is 4.83. The normalized spacial score (nSPS) is 17.9. The van der Waals surface area contributed by atoms with Gasteiger partial charge in [0.1, 0.15) is 5.41 Å². The lowest BCUT2D eigenvalue weighted by molar-refractivity contribution is -0.139. The molecule has 1 N–H and O–H groups in total. The SMILES string of the molecule is CC1(C)C(=O)N=C(SSCc2ccccc2)NC1=O. The van der Waals surface area contributed by atoms with Crippen LogP contribution in [0.2, 0.25) is 0 Å². The van der Waals surface area contributed by atoms with E-state index >= 15 is 0 Å². The topological polar surface area (TPSA) is 58.5 Å². The van der Waals surface area contributed by atoms with Crippen LogP contribution < -0.4 is 5.32 Å². The number of benzene rings is 1. The van der Waals surface area contributed by atoms with E-state index < -0.39 is 5.41 Å². The van der Waals surface area contributed by atoms with Crippen LogP contribution in [0.5, 0.6) is 0 Å². The van der Waals surface area contributed by atoms with Gasteiger partial charge in [-0.2, -0.15) is 4.99 Å². The van der Waals surface area contributed by atoms with Crippen LogP contribution in [0.15, 0.2) is 35.3 Å². The second-order valence-electron chi connectivity index (χ2n) is 4.63. The van der Waals surface area contributed by atoms with E-state index in [4.69, 9.17) is 0 Å². The first-order valence-corrected chi connectivity index (χ1v) is 8.10. The molecule has 0 fully saturated rings. The Morgan fingerprint density at radius 3 is 2.53 bits per heavy atom. The molecule has 1 heterocycles. The maximum absolute atomic E-state index is 11.7. The van der Waals surface area contributed by atoms with Gasteiger partial charge >= 0.3 is 0 Å². The summed E-state index contributed by atoms with van der Waals surface area (Å²) < 4.78 is 0. The minimum Gasteiger partial charge on any atom is -0.303 e. The molecule has 19 heavy (non-hydrogen) atoms. The second-order valence-corrected chi connectivity index (χ2v) is 6.92. The standard InChI is InChI=1S/C13H14N2O2S2/c1-13(2)10(16)14-12(15-11(13)17)19-18-8-9-6-4-3-5-7-9/h3-7H,8H2,1-2H3,(H,14,15,16,17). The zero-order valence-corrected chi connectivity index (χ0v) is 12.3. The van der Waals surface area contributed by atoms with Crippen molar-refractivity contribution in [2.24, 2.45) is 10.4 Å². The van der Waals surface area contributed by atoms with Gasteiger partial charge in [0.25, 0.3) is 5.91 Å². The van der Waals surface area contributed by atoms with E-state index in [1.165, 1.54) is 27.2 Å². The molecule has 4 nitrogen and oxygen atoms in total. The van der Waals surface area contributed by atoms with Gasteiger partial charge in [0.05, 0.1) is 0 Å². The van der Waals surface area contributed by atoms with Crippen molar-refractivity contribution in [2.45, 2.75) is 19.6 Å². The zero-order chi connectivity index (χ0) is 13.9. The smallest absolute Gasteiger partial charge is 0.263 e. The van der Waals surface area contributed by atoms with Crippen LogP contribution in [0, 0.1) is 5.41 Å². The van der Waals surface area contributed by atoms with Gasteiger partial charge in [-0.05, 0) is 30.2 Å². The number of carbonyl (C=O) groups is 2. The minimum absolute atomic E-state index is 0.296. The van der Waals surface area contributed by atoms with Crippen LogP contribution in [0.1, 0.15) is 19.4 Å². The molecule has 100 valence electrons. The third kappa shape index (κ3) is 3.39. The summed E-state index contributed by atoms with van der Waals surface area (Å²) in [7, 11) is 2.85. The molecule has 0 bridgehead atoms. The van der Waals surface area contributed by atoms with Crippen LogP contribution in [0.25, 0.3) is 0 Å². The summed E-state index contributed by atoms with van der Waals surface area (Å²) in [6, 6.07) is 9.98. The van der Waals surface area contributed by atoms with Crippen molar-refractivity contribution in [2.75, 3.05) is 0 Å². The maximum Gasteiger partial charge on any atom is 0.263 e. The number of carbonyl (C=O) groups excluding carboxylic acids is 2. The lowest BCUT2D eigenvalue weighted by Crippen LogP contribution is -2.48. The number of hydrogen-bond acceptors (Lipinski definition) is 4. The predicted octanol–water partition coefficient (Wildman–Crippen LogP) is 2.61. The van der Waals surface area contributed by atoms with Gasteiger partial charge in [-0.25, -0.2) is 0 Å². The Morgan fingerprint density at radius 1 is 1.21 bits per heavy atom. The molecule has 0 radical (unpaired) electrons. The van der Waals surface area contributed by atoms with Gasteiger partial charge in [-0.15, -0.1) is 0 Å². The Labute approximate surface area is 119 Å². The van der Waals surface area contributed by atoms with Crippen molar-refractivity contribution < 1.29 is 9.59 Å². The molecular formula is C13H14N2O2S2. The minimum atomic E-state index is -1.06. The molecule has 6 heteroatoms. The molecule has 2 rings (SSSR count). The Kier molecular flexibility index (Phi) is 4.31. The number of hydrogen-bond donors (Lipinski definition) is 1. The number of amides is 2. The Hall–Kier alpha value is -1.27. The molecule has 2 amide bonds. The molecule has 1 aromatic rings. The van der Waals surface area contributed by atoms with Crippen molar-refractivity contribution in [3.05, 3.63) is 35.9 Å². The fraction of sp³-hybridized carbons (Fsp3) is 0.308. The Bertz CT molecular complexity index is 527. The number of amidine groups is 1. The van der Waals surface area contributed by atoms with Gasteiger partial charge in [0, 0.05) is 5.75 Å². The van der Waals surface area contributed by atoms with E-state index in [1.807, 2.05) is 30.3 Å². The van der Waals surface area contributed by atoms with Gasteiger partial charge in [0.2, 0.25) is 5.91 Å². The van der Waals surface area contributed by atoms with Crippen molar-refractivity contribution in [1.82, 2.24) is 5.32 Å². The van der Waals surface area contributed by atoms with Gasteiger partial charge < -0.3 is 5.32 Å². The molecule has 0 unspecified atom stereocenters. The monoisotopic (exact) mass is 294 g/mol. The lowest BCUT2D eigenvalue weighted by Gasteiger charge is -2.24. The largest absolute Gasteiger partial charge is 0.303 e. The first kappa shape index (κ1) is 14.1. The number of nitrogens with one attached hydrogen (secondary N) is 1. The fourth-order valence-electron chi connectivity index (χ4n) is 1.38. The average molecular weight is 294 g/mol. The summed E-state index contributed by atoms with van der Waals surface area (Å²) in [5.41, 5.74) is 0.128. The zero-order valence-electron chi connectivity index (χ0n) is 10.7. The molecule has 1 aliphatic heterocycles. The lowest BCUT2D eigenvalue weighted by atomic mass is 9.91. The Balaban J connectivity index is 1.91. The van der Waals surface area contributed by atoms with Crippen molar-refractivity contribution in [1.29, 1.82) is 0 Å². The summed E-state index contributed by atoms with van der Waals surface area (Å²) >= 11 is 0. The first-order chi connectivity index (χ1) is 9.00. The number of rotatable bonds is 3. The van der Waals surface area contributed by atoms with E-state index in [0.717, 1.165) is 5.75 Å². The average Bonchev–Trinajstić information content (AvgIpc) is 2.38. The Morgan fingerprint density at radius 2 is 1.89 bits per heavy atom. The maximum atomic E-state index is 11.7. The van der Waals surface area contributed by atoms with Crippen LogP contribution in [0.4, 0.5) is 0 Å². The number of aliphatic imine (C=N–C) groups is 1. The van der Waals surface area contributed by atoms with Crippen molar-refractivity contribution in [3.8, 4) is 0 Å². The van der Waals surface area contributed by atoms with E-state index in [0.29, 0.717) is 5.17 Å². The first-order valence-electron chi connectivity index (χ1n) is 5.78. The molecule has 1 aliphatic rings. The third-order valence-electron chi connectivity index (χ3n) is 2.73. The summed E-state index contributed by atoms with van der Waals surface area (Å²) in [5, 5.41) is 3.03. The highest BCUT2D eigenvalue weighted by molar-refractivity contribution is 8.82. The quantitative estimate of drug-likeness (QED) is 0.687. The van der Waals surface area contributed by atoms with E-state index in [9.17, 15) is 9.59 Å². The highest BCUT2D eigenvalue weighted by atomic mass is 33.1. The van der Waals surface area contributed by atoms with Crippen molar-refractivity contribution in [3.63, 3.8) is 0 Å². The summed E-state index contributed by atoms with van der Waals surface area (Å²) in [5.74, 6) is 0.104.